The largest absolute Gasteiger partial charge is 0.497 e. The number of rotatable bonds is 5. The summed E-state index contributed by atoms with van der Waals surface area (Å²) in [5, 5.41) is 2.36. The molecule has 0 bridgehead atoms. The molecule has 3 amide bonds. The van der Waals surface area contributed by atoms with Gasteiger partial charge in [-0.25, -0.2) is 0 Å². The lowest BCUT2D eigenvalue weighted by Gasteiger charge is -2.32. The summed E-state index contributed by atoms with van der Waals surface area (Å²) in [4.78, 5) is 40.7. The van der Waals surface area contributed by atoms with Crippen LogP contribution in [0.1, 0.15) is 58.6 Å². The van der Waals surface area contributed by atoms with E-state index < -0.39 is 6.04 Å². The molecule has 0 saturated carbocycles. The van der Waals surface area contributed by atoms with Crippen LogP contribution >= 0.6 is 0 Å². The van der Waals surface area contributed by atoms with Crippen LogP contribution in [0.5, 0.6) is 5.75 Å². The summed E-state index contributed by atoms with van der Waals surface area (Å²) in [5.41, 5.74) is 4.20. The highest BCUT2D eigenvalue weighted by Crippen LogP contribution is 2.34. The zero-order valence-corrected chi connectivity index (χ0v) is 18.9. The van der Waals surface area contributed by atoms with Gasteiger partial charge in [-0.2, -0.15) is 0 Å². The van der Waals surface area contributed by atoms with E-state index in [-0.39, 0.29) is 24.1 Å². The SMILES string of the molecule is COc1cccc(CN2CCC(c3ccc4c(c3)CN(C3CCC(=O)NC3=O)C4=O)CC2)c1. The molecule has 5 rings (SSSR count). The van der Waals surface area contributed by atoms with E-state index >= 15 is 0 Å². The van der Waals surface area contributed by atoms with Crippen molar-refractivity contribution in [3.8, 4) is 5.75 Å². The topological polar surface area (TPSA) is 79.0 Å². The molecule has 1 unspecified atom stereocenters. The van der Waals surface area contributed by atoms with Crippen molar-refractivity contribution >= 4 is 17.7 Å². The van der Waals surface area contributed by atoms with Crippen LogP contribution in [0.4, 0.5) is 0 Å². The zero-order valence-electron chi connectivity index (χ0n) is 18.9. The molecule has 0 aromatic heterocycles. The number of amides is 3. The monoisotopic (exact) mass is 447 g/mol. The van der Waals surface area contributed by atoms with Gasteiger partial charge in [0.15, 0.2) is 0 Å². The molecule has 33 heavy (non-hydrogen) atoms. The normalized spacial score (nSPS) is 21.8. The molecule has 0 radical (unpaired) electrons. The third kappa shape index (κ3) is 4.37. The fourth-order valence-electron chi connectivity index (χ4n) is 5.30. The molecule has 3 aliphatic heterocycles. The maximum absolute atomic E-state index is 12.9. The number of hydrogen-bond donors (Lipinski definition) is 1. The molecule has 2 aromatic carbocycles. The first-order valence-corrected chi connectivity index (χ1v) is 11.6. The summed E-state index contributed by atoms with van der Waals surface area (Å²) in [6, 6.07) is 13.8. The quantitative estimate of drug-likeness (QED) is 0.713. The Morgan fingerprint density at radius 1 is 1.03 bits per heavy atom. The van der Waals surface area contributed by atoms with Crippen LogP contribution in [-0.4, -0.2) is 53.8 Å². The number of benzene rings is 2. The van der Waals surface area contributed by atoms with Gasteiger partial charge in [0.1, 0.15) is 11.8 Å². The lowest BCUT2D eigenvalue weighted by molar-refractivity contribution is -0.136. The lowest BCUT2D eigenvalue weighted by atomic mass is 9.87. The van der Waals surface area contributed by atoms with Crippen molar-refractivity contribution in [3.05, 3.63) is 64.7 Å². The van der Waals surface area contributed by atoms with E-state index in [2.05, 4.69) is 34.5 Å². The Hall–Kier alpha value is -3.19. The van der Waals surface area contributed by atoms with Gasteiger partial charge in [-0.1, -0.05) is 24.3 Å². The predicted octanol–water partition coefficient (Wildman–Crippen LogP) is 2.84. The molecule has 0 spiro atoms. The summed E-state index contributed by atoms with van der Waals surface area (Å²) in [5.74, 6) is 0.619. The van der Waals surface area contributed by atoms with Gasteiger partial charge in [-0.3, -0.25) is 24.6 Å². The second-order valence-corrected chi connectivity index (χ2v) is 9.22. The molecule has 7 nitrogen and oxygen atoms in total. The van der Waals surface area contributed by atoms with Crippen LogP contribution in [0.3, 0.4) is 0 Å². The van der Waals surface area contributed by atoms with Crippen molar-refractivity contribution in [1.29, 1.82) is 0 Å². The van der Waals surface area contributed by atoms with Crippen LogP contribution < -0.4 is 10.1 Å². The molecule has 2 fully saturated rings. The van der Waals surface area contributed by atoms with Crippen molar-refractivity contribution < 1.29 is 19.1 Å². The van der Waals surface area contributed by atoms with Gasteiger partial charge in [-0.05, 0) is 73.2 Å². The van der Waals surface area contributed by atoms with Crippen LogP contribution in [0.25, 0.3) is 0 Å². The first-order valence-electron chi connectivity index (χ1n) is 11.6. The first-order chi connectivity index (χ1) is 16.0. The average Bonchev–Trinajstić information content (AvgIpc) is 3.15. The van der Waals surface area contributed by atoms with E-state index in [0.29, 0.717) is 24.4 Å². The van der Waals surface area contributed by atoms with Crippen LogP contribution in [0.2, 0.25) is 0 Å². The van der Waals surface area contributed by atoms with Crippen molar-refractivity contribution in [1.82, 2.24) is 15.1 Å². The number of likely N-dealkylation sites (tertiary alicyclic amines) is 1. The van der Waals surface area contributed by atoms with E-state index in [1.54, 1.807) is 12.0 Å². The summed E-state index contributed by atoms with van der Waals surface area (Å²) in [7, 11) is 1.69. The van der Waals surface area contributed by atoms with Crippen molar-refractivity contribution in [3.63, 3.8) is 0 Å². The van der Waals surface area contributed by atoms with Crippen LogP contribution in [0, 0.1) is 0 Å². The number of methoxy groups -OCH3 is 1. The second kappa shape index (κ2) is 8.98. The lowest BCUT2D eigenvalue weighted by Crippen LogP contribution is -2.52. The van der Waals surface area contributed by atoms with Gasteiger partial charge < -0.3 is 9.64 Å². The molecule has 172 valence electrons. The highest BCUT2D eigenvalue weighted by atomic mass is 16.5. The third-order valence-electron chi connectivity index (χ3n) is 7.15. The molecule has 3 heterocycles. The Labute approximate surface area is 193 Å². The van der Waals surface area contributed by atoms with E-state index in [4.69, 9.17) is 4.74 Å². The number of nitrogens with one attached hydrogen (secondary N) is 1. The number of carbonyl (C=O) groups excluding carboxylic acids is 3. The summed E-state index contributed by atoms with van der Waals surface area (Å²) < 4.78 is 5.34. The zero-order chi connectivity index (χ0) is 22.9. The van der Waals surface area contributed by atoms with E-state index in [1.165, 1.54) is 11.1 Å². The third-order valence-corrected chi connectivity index (χ3v) is 7.15. The Morgan fingerprint density at radius 2 is 1.85 bits per heavy atom. The second-order valence-electron chi connectivity index (χ2n) is 9.22. The maximum Gasteiger partial charge on any atom is 0.255 e. The predicted molar refractivity (Wildman–Crippen MR) is 123 cm³/mol. The molecular formula is C26H29N3O4. The molecule has 3 aliphatic rings. The van der Waals surface area contributed by atoms with Crippen LogP contribution in [-0.2, 0) is 22.7 Å². The minimum atomic E-state index is -0.564. The number of piperidine rings is 2. The maximum atomic E-state index is 12.9. The van der Waals surface area contributed by atoms with Crippen molar-refractivity contribution in [2.45, 2.75) is 50.7 Å². The minimum absolute atomic E-state index is 0.112. The van der Waals surface area contributed by atoms with E-state index in [1.807, 2.05) is 18.2 Å². The standard InChI is InChI=1S/C26H29N3O4/c1-33-21-4-2-3-17(13-21)15-28-11-9-18(10-12-28)19-5-6-22-20(14-19)16-29(26(22)32)23-7-8-24(30)27-25(23)31/h2-6,13-14,18,23H,7-12,15-16H2,1H3,(H,27,30,31). The molecule has 7 heteroatoms. The molecule has 2 saturated heterocycles. The number of ether oxygens (including phenoxy) is 1. The van der Waals surface area contributed by atoms with E-state index in [9.17, 15) is 14.4 Å². The van der Waals surface area contributed by atoms with Gasteiger partial charge in [0.2, 0.25) is 11.8 Å². The van der Waals surface area contributed by atoms with Gasteiger partial charge >= 0.3 is 0 Å². The Kier molecular flexibility index (Phi) is 5.89. The molecule has 2 aromatic rings. The fourth-order valence-corrected chi connectivity index (χ4v) is 5.30. The number of imide groups is 1. The van der Waals surface area contributed by atoms with Gasteiger partial charge in [0.25, 0.3) is 5.91 Å². The Bertz CT molecular complexity index is 1090. The van der Waals surface area contributed by atoms with Crippen molar-refractivity contribution in [2.75, 3.05) is 20.2 Å². The van der Waals surface area contributed by atoms with E-state index in [0.717, 1.165) is 43.8 Å². The number of hydrogen-bond acceptors (Lipinski definition) is 5. The van der Waals surface area contributed by atoms with Gasteiger partial charge in [-0.15, -0.1) is 0 Å². The van der Waals surface area contributed by atoms with Gasteiger partial charge in [0.05, 0.1) is 7.11 Å². The molecular weight excluding hydrogens is 418 g/mol. The number of nitrogens with zero attached hydrogens (tertiary/aromatic N) is 2. The number of fused-ring (bicyclic) bond motifs is 1. The molecule has 1 N–H and O–H groups in total. The van der Waals surface area contributed by atoms with Crippen molar-refractivity contribution in [2.24, 2.45) is 0 Å². The number of carbonyl (C=O) groups is 3. The average molecular weight is 448 g/mol. The van der Waals surface area contributed by atoms with Crippen LogP contribution in [0.15, 0.2) is 42.5 Å². The minimum Gasteiger partial charge on any atom is -0.497 e. The Balaban J connectivity index is 1.22. The summed E-state index contributed by atoms with van der Waals surface area (Å²) in [6.07, 6.45) is 2.82. The molecule has 0 aliphatic carbocycles. The summed E-state index contributed by atoms with van der Waals surface area (Å²) >= 11 is 0. The fraction of sp³-hybridized carbons (Fsp3) is 0.423. The van der Waals surface area contributed by atoms with Gasteiger partial charge in [0, 0.05) is 25.1 Å². The first kappa shape index (κ1) is 21.6. The Morgan fingerprint density at radius 3 is 2.61 bits per heavy atom. The smallest absolute Gasteiger partial charge is 0.255 e. The molecule has 1 atom stereocenters. The summed E-state index contributed by atoms with van der Waals surface area (Å²) in [6.45, 7) is 3.41. The highest BCUT2D eigenvalue weighted by Gasteiger charge is 2.39. The highest BCUT2D eigenvalue weighted by molar-refractivity contribution is 6.05.